The van der Waals surface area contributed by atoms with E-state index in [-0.39, 0.29) is 5.57 Å². The van der Waals surface area contributed by atoms with Crippen molar-refractivity contribution in [1.29, 1.82) is 5.26 Å². The summed E-state index contributed by atoms with van der Waals surface area (Å²) in [5.74, 6) is 0.240. The average Bonchev–Trinajstić information content (AvgIpc) is 3.43. The van der Waals surface area contributed by atoms with Gasteiger partial charge >= 0.3 is 0 Å². The highest BCUT2D eigenvalue weighted by molar-refractivity contribution is 7.15. The number of nitriles is 1. The molecule has 2 aromatic heterocycles. The van der Waals surface area contributed by atoms with Crippen LogP contribution in [-0.4, -0.2) is 10.9 Å². The molecule has 9 heteroatoms. The first-order chi connectivity index (χ1) is 15.9. The van der Waals surface area contributed by atoms with Crippen molar-refractivity contribution in [2.24, 2.45) is 0 Å². The van der Waals surface area contributed by atoms with E-state index in [4.69, 9.17) is 39.2 Å². The van der Waals surface area contributed by atoms with Gasteiger partial charge in [0.1, 0.15) is 23.2 Å². The van der Waals surface area contributed by atoms with Crippen LogP contribution >= 0.6 is 46.1 Å². The summed E-state index contributed by atoms with van der Waals surface area (Å²) in [5.41, 5.74) is 1.49. The molecule has 1 N–H and O–H groups in total. The molecule has 0 aliphatic heterocycles. The molecule has 0 atom stereocenters. The largest absolute Gasteiger partial charge is 0.457 e. The van der Waals surface area contributed by atoms with E-state index in [1.54, 1.807) is 36.5 Å². The number of hydrogen-bond acceptors (Lipinski definition) is 5. The van der Waals surface area contributed by atoms with E-state index in [1.807, 2.05) is 30.3 Å². The number of anilines is 1. The van der Waals surface area contributed by atoms with Crippen LogP contribution in [0.3, 0.4) is 0 Å². The summed E-state index contributed by atoms with van der Waals surface area (Å²) >= 11 is 19.7. The molecule has 0 aliphatic carbocycles. The van der Waals surface area contributed by atoms with Gasteiger partial charge in [0.15, 0.2) is 5.13 Å². The minimum atomic E-state index is -0.585. The van der Waals surface area contributed by atoms with Gasteiger partial charge in [0.2, 0.25) is 0 Å². The predicted molar refractivity (Wildman–Crippen MR) is 133 cm³/mol. The van der Waals surface area contributed by atoms with Gasteiger partial charge in [0.05, 0.1) is 5.02 Å². The summed E-state index contributed by atoms with van der Waals surface area (Å²) in [6, 6.07) is 17.8. The molecule has 0 saturated carbocycles. The third-order valence-corrected chi connectivity index (χ3v) is 6.40. The zero-order valence-corrected chi connectivity index (χ0v) is 19.9. The second kappa shape index (κ2) is 10.2. The minimum absolute atomic E-state index is 0.124. The number of aromatic nitrogens is 1. The van der Waals surface area contributed by atoms with Gasteiger partial charge < -0.3 is 4.42 Å². The molecule has 4 aromatic rings. The zero-order valence-electron chi connectivity index (χ0n) is 16.8. The molecule has 4 rings (SSSR count). The summed E-state index contributed by atoms with van der Waals surface area (Å²) in [5, 5.41) is 14.1. The summed E-state index contributed by atoms with van der Waals surface area (Å²) < 4.78 is 5.74. The van der Waals surface area contributed by atoms with Crippen LogP contribution in [0.25, 0.3) is 17.4 Å². The first-order valence-electron chi connectivity index (χ1n) is 9.59. The summed E-state index contributed by atoms with van der Waals surface area (Å²) in [6.45, 7) is 0. The van der Waals surface area contributed by atoms with Gasteiger partial charge in [-0.3, -0.25) is 10.1 Å². The van der Waals surface area contributed by atoms with Gasteiger partial charge in [-0.05, 0) is 42.0 Å². The van der Waals surface area contributed by atoms with Gasteiger partial charge in [-0.15, -0.1) is 11.3 Å². The molecule has 5 nitrogen and oxygen atoms in total. The molecule has 2 heterocycles. The fraction of sp³-hybridized carbons (Fsp3) is 0.0417. The van der Waals surface area contributed by atoms with Crippen LogP contribution in [0, 0.1) is 11.3 Å². The van der Waals surface area contributed by atoms with Crippen LogP contribution in [0.5, 0.6) is 0 Å². The van der Waals surface area contributed by atoms with E-state index < -0.39 is 5.91 Å². The number of nitrogens with one attached hydrogen (secondary N) is 1. The number of carbonyl (C=O) groups is 1. The number of benzene rings is 2. The molecule has 0 fully saturated rings. The first kappa shape index (κ1) is 23.1. The van der Waals surface area contributed by atoms with E-state index in [0.29, 0.717) is 43.7 Å². The highest BCUT2D eigenvalue weighted by Crippen LogP contribution is 2.32. The Kier molecular flexibility index (Phi) is 7.17. The Labute approximate surface area is 208 Å². The second-order valence-corrected chi connectivity index (χ2v) is 9.22. The van der Waals surface area contributed by atoms with Crippen molar-refractivity contribution in [2.75, 3.05) is 5.32 Å². The predicted octanol–water partition coefficient (Wildman–Crippen LogP) is 7.50. The Morgan fingerprint density at radius 2 is 1.94 bits per heavy atom. The van der Waals surface area contributed by atoms with E-state index in [0.717, 1.165) is 10.4 Å². The Morgan fingerprint density at radius 1 is 1.12 bits per heavy atom. The van der Waals surface area contributed by atoms with Crippen LogP contribution in [0.1, 0.15) is 16.2 Å². The highest BCUT2D eigenvalue weighted by Gasteiger charge is 2.15. The quantitative estimate of drug-likeness (QED) is 0.213. The van der Waals surface area contributed by atoms with Gasteiger partial charge in [-0.1, -0.05) is 53.0 Å². The number of furan rings is 1. The maximum Gasteiger partial charge on any atom is 0.268 e. The van der Waals surface area contributed by atoms with Crippen molar-refractivity contribution in [2.45, 2.75) is 6.42 Å². The maximum absolute atomic E-state index is 12.6. The fourth-order valence-corrected chi connectivity index (χ4v) is 4.53. The number of hydrogen-bond donors (Lipinski definition) is 1. The molecule has 0 spiro atoms. The van der Waals surface area contributed by atoms with Crippen molar-refractivity contribution in [3.63, 3.8) is 0 Å². The minimum Gasteiger partial charge on any atom is -0.457 e. The number of amides is 1. The third-order valence-electron chi connectivity index (χ3n) is 4.57. The van der Waals surface area contributed by atoms with Gasteiger partial charge in [-0.2, -0.15) is 5.26 Å². The van der Waals surface area contributed by atoms with Crippen LogP contribution in [0.15, 0.2) is 70.8 Å². The summed E-state index contributed by atoms with van der Waals surface area (Å²) in [4.78, 5) is 17.8. The molecule has 0 bridgehead atoms. The number of carbonyl (C=O) groups excluding carboxylic acids is 1. The Bertz CT molecular complexity index is 1400. The van der Waals surface area contributed by atoms with Gasteiger partial charge in [-0.25, -0.2) is 4.98 Å². The van der Waals surface area contributed by atoms with Crippen molar-refractivity contribution in [3.05, 3.63) is 97.6 Å². The SMILES string of the molecule is N#C/C(=C\c1ccc(-c2ccc(Cl)cc2Cl)o1)C(=O)Nc1ncc(Cc2ccccc2Cl)s1. The highest BCUT2D eigenvalue weighted by atomic mass is 35.5. The number of rotatable bonds is 6. The van der Waals surface area contributed by atoms with Crippen molar-refractivity contribution >= 4 is 63.3 Å². The Hall–Kier alpha value is -3.08. The molecule has 0 unspecified atom stereocenters. The fourth-order valence-electron chi connectivity index (χ4n) is 3.00. The van der Waals surface area contributed by atoms with Crippen LogP contribution in [0.4, 0.5) is 5.13 Å². The zero-order chi connectivity index (χ0) is 23.4. The normalized spacial score (nSPS) is 11.3. The lowest BCUT2D eigenvalue weighted by atomic mass is 10.1. The summed E-state index contributed by atoms with van der Waals surface area (Å²) in [6.07, 6.45) is 3.63. The molecule has 33 heavy (non-hydrogen) atoms. The average molecular weight is 515 g/mol. The lowest BCUT2D eigenvalue weighted by Gasteiger charge is -2.02. The van der Waals surface area contributed by atoms with E-state index in [1.165, 1.54) is 17.4 Å². The number of halogens is 3. The van der Waals surface area contributed by atoms with E-state index >= 15 is 0 Å². The van der Waals surface area contributed by atoms with Crippen LogP contribution < -0.4 is 5.32 Å². The monoisotopic (exact) mass is 513 g/mol. The van der Waals surface area contributed by atoms with Gasteiger partial charge in [0.25, 0.3) is 5.91 Å². The molecule has 2 aromatic carbocycles. The van der Waals surface area contributed by atoms with Crippen LogP contribution in [-0.2, 0) is 11.2 Å². The third kappa shape index (κ3) is 5.65. The van der Waals surface area contributed by atoms with Crippen molar-refractivity contribution in [1.82, 2.24) is 4.98 Å². The van der Waals surface area contributed by atoms with Crippen molar-refractivity contribution < 1.29 is 9.21 Å². The Balaban J connectivity index is 1.47. The van der Waals surface area contributed by atoms with Crippen LogP contribution in [0.2, 0.25) is 15.1 Å². The molecule has 0 saturated heterocycles. The molecular formula is C24H14Cl3N3O2S. The lowest BCUT2D eigenvalue weighted by Crippen LogP contribution is -2.13. The summed E-state index contributed by atoms with van der Waals surface area (Å²) in [7, 11) is 0. The topological polar surface area (TPSA) is 78.9 Å². The van der Waals surface area contributed by atoms with E-state index in [2.05, 4.69) is 10.3 Å². The van der Waals surface area contributed by atoms with Gasteiger partial charge in [0, 0.05) is 39.2 Å². The Morgan fingerprint density at radius 3 is 2.70 bits per heavy atom. The van der Waals surface area contributed by atoms with E-state index in [9.17, 15) is 10.1 Å². The standard InChI is InChI=1S/C24H14Cl3N3O2S/c25-16-5-7-19(21(27)11-16)22-8-6-17(32-22)9-15(12-28)23(31)30-24-29-13-18(33-24)10-14-3-1-2-4-20(14)26/h1-9,11,13H,10H2,(H,29,30,31)/b15-9+. The molecule has 0 radical (unpaired) electrons. The molecule has 1 amide bonds. The van der Waals surface area contributed by atoms with Crippen molar-refractivity contribution in [3.8, 4) is 17.4 Å². The second-order valence-electron chi connectivity index (χ2n) is 6.85. The molecule has 0 aliphatic rings. The number of thiazole rings is 1. The first-order valence-corrected chi connectivity index (χ1v) is 11.5. The maximum atomic E-state index is 12.6. The smallest absolute Gasteiger partial charge is 0.268 e. The number of nitrogens with zero attached hydrogens (tertiary/aromatic N) is 2. The molecular weight excluding hydrogens is 501 g/mol. The lowest BCUT2D eigenvalue weighted by molar-refractivity contribution is -0.112. The molecule has 164 valence electrons.